The van der Waals surface area contributed by atoms with E-state index in [0.29, 0.717) is 6.04 Å². The number of likely N-dealkylation sites (tertiary alicyclic amines) is 1. The van der Waals surface area contributed by atoms with Crippen molar-refractivity contribution in [3.63, 3.8) is 0 Å². The van der Waals surface area contributed by atoms with Gasteiger partial charge in [0.2, 0.25) is 0 Å². The maximum atomic E-state index is 12.5. The molecule has 0 spiro atoms. The van der Waals surface area contributed by atoms with Gasteiger partial charge in [-0.05, 0) is 32.0 Å². The Hall–Kier alpha value is -1.30. The molecular weight excluding hydrogens is 311 g/mol. The van der Waals surface area contributed by atoms with Gasteiger partial charge in [-0.2, -0.15) is 0 Å². The Bertz CT molecular complexity index is 601. The molecule has 0 aromatic carbocycles. The van der Waals surface area contributed by atoms with Crippen molar-refractivity contribution in [1.82, 2.24) is 19.6 Å². The first-order chi connectivity index (χ1) is 9.28. The Morgan fingerprint density at radius 2 is 2.19 bits per heavy atom. The number of nitrogens with zero attached hydrogens (tertiary/aromatic N) is 3. The van der Waals surface area contributed by atoms with Gasteiger partial charge in [-0.1, -0.05) is 0 Å². The summed E-state index contributed by atoms with van der Waals surface area (Å²) in [5.74, 6) is 0.107. The van der Waals surface area contributed by atoms with Crippen LogP contribution in [0.2, 0.25) is 0 Å². The second-order valence-electron chi connectivity index (χ2n) is 4.99. The average Bonchev–Trinajstić information content (AvgIpc) is 2.94. The molecule has 7 heteroatoms. The third kappa shape index (κ3) is 3.67. The number of fused-ring (bicyclic) bond motifs is 1. The van der Waals surface area contributed by atoms with Gasteiger partial charge in [0.1, 0.15) is 5.65 Å². The lowest BCUT2D eigenvalue weighted by molar-refractivity contribution is 0.0697. The predicted octanol–water partition coefficient (Wildman–Crippen LogP) is 2.00. The van der Waals surface area contributed by atoms with Gasteiger partial charge in [0.15, 0.2) is 0 Å². The van der Waals surface area contributed by atoms with Crippen LogP contribution in [0.4, 0.5) is 0 Å². The molecule has 3 heterocycles. The Morgan fingerprint density at radius 1 is 1.38 bits per heavy atom. The molecule has 1 atom stereocenters. The van der Waals surface area contributed by atoms with Gasteiger partial charge in [-0.3, -0.25) is 4.79 Å². The van der Waals surface area contributed by atoms with Gasteiger partial charge >= 0.3 is 0 Å². The number of likely N-dealkylation sites (N-methyl/N-ethyl adjacent to an activating group) is 1. The smallest absolute Gasteiger partial charge is 0.255 e. The first-order valence-electron chi connectivity index (χ1n) is 6.67. The number of halogens is 2. The lowest BCUT2D eigenvalue weighted by atomic mass is 10.1. The van der Waals surface area contributed by atoms with Gasteiger partial charge < -0.3 is 14.6 Å². The molecule has 0 saturated carbocycles. The van der Waals surface area contributed by atoms with Crippen LogP contribution in [-0.2, 0) is 0 Å². The number of piperidine rings is 1. The van der Waals surface area contributed by atoms with E-state index in [1.54, 1.807) is 6.20 Å². The number of aromatic nitrogens is 2. The predicted molar refractivity (Wildman–Crippen MR) is 87.7 cm³/mol. The van der Waals surface area contributed by atoms with Gasteiger partial charge in [0.05, 0.1) is 5.56 Å². The molecule has 0 radical (unpaired) electrons. The second-order valence-corrected chi connectivity index (χ2v) is 4.99. The summed E-state index contributed by atoms with van der Waals surface area (Å²) in [4.78, 5) is 18.6. The lowest BCUT2D eigenvalue weighted by Gasteiger charge is -2.32. The molecule has 5 nitrogen and oxygen atoms in total. The lowest BCUT2D eigenvalue weighted by Crippen LogP contribution is -2.47. The fourth-order valence-electron chi connectivity index (χ4n) is 2.63. The quantitative estimate of drug-likeness (QED) is 0.916. The van der Waals surface area contributed by atoms with Crippen molar-refractivity contribution in [2.24, 2.45) is 0 Å². The van der Waals surface area contributed by atoms with E-state index in [9.17, 15) is 4.79 Å². The summed E-state index contributed by atoms with van der Waals surface area (Å²) in [6.45, 7) is 1.64. The third-order valence-electron chi connectivity index (χ3n) is 3.75. The van der Waals surface area contributed by atoms with Crippen molar-refractivity contribution in [2.75, 3.05) is 20.1 Å². The molecule has 1 aliphatic rings. The number of hydrogen-bond donors (Lipinski definition) is 1. The van der Waals surface area contributed by atoms with E-state index in [1.165, 1.54) is 0 Å². The van der Waals surface area contributed by atoms with Crippen molar-refractivity contribution >= 4 is 36.4 Å². The van der Waals surface area contributed by atoms with Crippen molar-refractivity contribution in [2.45, 2.75) is 18.9 Å². The fourth-order valence-corrected chi connectivity index (χ4v) is 2.63. The van der Waals surface area contributed by atoms with Crippen LogP contribution < -0.4 is 5.32 Å². The van der Waals surface area contributed by atoms with Crippen molar-refractivity contribution in [3.8, 4) is 0 Å². The van der Waals surface area contributed by atoms with Gasteiger partial charge in [-0.25, -0.2) is 4.98 Å². The molecule has 2 aromatic rings. The fraction of sp³-hybridized carbons (Fsp3) is 0.429. The first kappa shape index (κ1) is 17.8. The molecule has 116 valence electrons. The van der Waals surface area contributed by atoms with Crippen molar-refractivity contribution < 1.29 is 4.79 Å². The molecule has 1 unspecified atom stereocenters. The van der Waals surface area contributed by atoms with Crippen LogP contribution in [0, 0.1) is 0 Å². The van der Waals surface area contributed by atoms with Crippen LogP contribution in [0.15, 0.2) is 30.7 Å². The number of hydrogen-bond acceptors (Lipinski definition) is 3. The molecule has 2 aromatic heterocycles. The highest BCUT2D eigenvalue weighted by molar-refractivity contribution is 5.94. The summed E-state index contributed by atoms with van der Waals surface area (Å²) in [6.07, 6.45) is 7.65. The SMILES string of the molecule is CNC1CCCN(C(=O)c2ccc3nccn3c2)C1.Cl.Cl. The number of pyridine rings is 1. The molecular formula is C14H20Cl2N4O. The van der Waals surface area contributed by atoms with Crippen molar-refractivity contribution in [1.29, 1.82) is 0 Å². The largest absolute Gasteiger partial charge is 0.337 e. The summed E-state index contributed by atoms with van der Waals surface area (Å²) in [7, 11) is 1.95. The number of nitrogens with one attached hydrogen (secondary N) is 1. The van der Waals surface area contributed by atoms with E-state index in [-0.39, 0.29) is 30.7 Å². The van der Waals surface area contributed by atoms with E-state index in [1.807, 2.05) is 40.9 Å². The second kappa shape index (κ2) is 7.64. The number of rotatable bonds is 2. The molecule has 0 bridgehead atoms. The zero-order chi connectivity index (χ0) is 13.2. The van der Waals surface area contributed by atoms with Gasteiger partial charge in [0, 0.05) is 37.7 Å². The molecule has 3 rings (SSSR count). The summed E-state index contributed by atoms with van der Waals surface area (Å²) in [5, 5.41) is 3.26. The van der Waals surface area contributed by atoms with E-state index in [2.05, 4.69) is 10.3 Å². The summed E-state index contributed by atoms with van der Waals surface area (Å²) in [5.41, 5.74) is 1.59. The molecule has 1 N–H and O–H groups in total. The minimum atomic E-state index is 0. The maximum absolute atomic E-state index is 12.5. The molecule has 1 aliphatic heterocycles. The first-order valence-corrected chi connectivity index (χ1v) is 6.67. The molecule has 1 fully saturated rings. The molecule has 0 aliphatic carbocycles. The van der Waals surface area contributed by atoms with Gasteiger partial charge in [0.25, 0.3) is 5.91 Å². The summed E-state index contributed by atoms with van der Waals surface area (Å²) < 4.78 is 1.88. The highest BCUT2D eigenvalue weighted by Gasteiger charge is 2.23. The van der Waals surface area contributed by atoms with Crippen LogP contribution in [0.25, 0.3) is 5.65 Å². The van der Waals surface area contributed by atoms with E-state index >= 15 is 0 Å². The molecule has 21 heavy (non-hydrogen) atoms. The topological polar surface area (TPSA) is 49.6 Å². The van der Waals surface area contributed by atoms with E-state index < -0.39 is 0 Å². The van der Waals surface area contributed by atoms with E-state index in [4.69, 9.17) is 0 Å². The number of amides is 1. The minimum absolute atomic E-state index is 0. The zero-order valence-electron chi connectivity index (χ0n) is 11.9. The zero-order valence-corrected chi connectivity index (χ0v) is 13.5. The van der Waals surface area contributed by atoms with Crippen LogP contribution in [0.5, 0.6) is 0 Å². The Morgan fingerprint density at radius 3 is 2.95 bits per heavy atom. The molecule has 1 amide bonds. The average molecular weight is 331 g/mol. The van der Waals surface area contributed by atoms with E-state index in [0.717, 1.165) is 37.1 Å². The standard InChI is InChI=1S/C14H18N4O.2ClH/c1-15-12-3-2-7-18(10-12)14(19)11-4-5-13-16-6-8-17(13)9-11;;/h4-6,8-9,12,15H,2-3,7,10H2,1H3;2*1H. The molecule has 1 saturated heterocycles. The maximum Gasteiger partial charge on any atom is 0.255 e. The van der Waals surface area contributed by atoms with Gasteiger partial charge in [-0.15, -0.1) is 24.8 Å². The number of carbonyl (C=O) groups is 1. The Kier molecular flexibility index (Phi) is 6.45. The Balaban J connectivity index is 0.00000110. The highest BCUT2D eigenvalue weighted by Crippen LogP contribution is 2.14. The summed E-state index contributed by atoms with van der Waals surface area (Å²) in [6, 6.07) is 4.15. The highest BCUT2D eigenvalue weighted by atomic mass is 35.5. The van der Waals surface area contributed by atoms with Crippen LogP contribution in [0.1, 0.15) is 23.2 Å². The third-order valence-corrected chi connectivity index (χ3v) is 3.75. The van der Waals surface area contributed by atoms with Crippen LogP contribution in [-0.4, -0.2) is 46.4 Å². The monoisotopic (exact) mass is 330 g/mol. The van der Waals surface area contributed by atoms with Crippen molar-refractivity contribution in [3.05, 3.63) is 36.3 Å². The Labute approximate surface area is 136 Å². The summed E-state index contributed by atoms with van der Waals surface area (Å²) >= 11 is 0. The number of imidazole rings is 1. The van der Waals surface area contributed by atoms with Crippen LogP contribution >= 0.6 is 24.8 Å². The minimum Gasteiger partial charge on any atom is -0.337 e. The number of carbonyl (C=O) groups excluding carboxylic acids is 1. The normalized spacial score (nSPS) is 18.0. The van der Waals surface area contributed by atoms with Crippen LogP contribution in [0.3, 0.4) is 0 Å².